The molecule has 0 radical (unpaired) electrons. The summed E-state index contributed by atoms with van der Waals surface area (Å²) in [6, 6.07) is 21.1. The van der Waals surface area contributed by atoms with Gasteiger partial charge < -0.3 is 18.9 Å². The van der Waals surface area contributed by atoms with E-state index in [0.29, 0.717) is 11.5 Å². The van der Waals surface area contributed by atoms with Gasteiger partial charge in [0.1, 0.15) is 30.5 Å². The van der Waals surface area contributed by atoms with Crippen LogP contribution in [0.25, 0.3) is 0 Å². The number of aryl methyl sites for hydroxylation is 2. The van der Waals surface area contributed by atoms with Crippen molar-refractivity contribution in [1.82, 2.24) is 0 Å². The van der Waals surface area contributed by atoms with Gasteiger partial charge in [-0.2, -0.15) is 0 Å². The zero-order valence-electron chi connectivity index (χ0n) is 17.5. The minimum absolute atomic E-state index is 0.0988. The van der Waals surface area contributed by atoms with Gasteiger partial charge in [-0.05, 0) is 67.4 Å². The van der Waals surface area contributed by atoms with E-state index in [2.05, 4.69) is 0 Å². The maximum absolute atomic E-state index is 12.2. The first-order chi connectivity index (χ1) is 15.0. The van der Waals surface area contributed by atoms with Crippen LogP contribution in [0.4, 0.5) is 0 Å². The summed E-state index contributed by atoms with van der Waals surface area (Å²) in [5.74, 6) is 0.440. The molecule has 0 heterocycles. The number of hydrogen-bond acceptors (Lipinski definition) is 6. The molecular weight excluding hydrogens is 396 g/mol. The van der Waals surface area contributed by atoms with Crippen LogP contribution >= 0.6 is 0 Å². The van der Waals surface area contributed by atoms with Crippen molar-refractivity contribution in [2.75, 3.05) is 19.8 Å². The highest BCUT2D eigenvalue weighted by atomic mass is 16.6. The third-order valence-electron chi connectivity index (χ3n) is 4.46. The lowest BCUT2D eigenvalue weighted by Gasteiger charge is -2.10. The number of ether oxygens (including phenoxy) is 4. The molecule has 6 heteroatoms. The number of benzene rings is 3. The molecule has 0 bridgehead atoms. The molecule has 0 saturated heterocycles. The molecule has 0 N–H and O–H groups in total. The Labute approximate surface area is 181 Å². The summed E-state index contributed by atoms with van der Waals surface area (Å²) in [5, 5.41) is 0. The molecule has 0 fully saturated rings. The van der Waals surface area contributed by atoms with Crippen molar-refractivity contribution >= 4 is 11.9 Å². The van der Waals surface area contributed by atoms with E-state index < -0.39 is 11.9 Å². The van der Waals surface area contributed by atoms with E-state index in [0.717, 1.165) is 11.1 Å². The summed E-state index contributed by atoms with van der Waals surface area (Å²) in [6.07, 6.45) is 0. The van der Waals surface area contributed by atoms with E-state index in [9.17, 15) is 9.59 Å². The minimum Gasteiger partial charge on any atom is -0.490 e. The Morgan fingerprint density at radius 3 is 2.26 bits per heavy atom. The molecule has 3 aromatic rings. The van der Waals surface area contributed by atoms with Crippen molar-refractivity contribution in [2.45, 2.75) is 13.8 Å². The zero-order valence-corrected chi connectivity index (χ0v) is 17.5. The SMILES string of the molecule is Cc1ccc(OCC(=O)Oc2cccc(C(=O)OCCOc3ccccc3)c2)cc1C. The first kappa shape index (κ1) is 21.9. The van der Waals surface area contributed by atoms with Gasteiger partial charge in [0, 0.05) is 0 Å². The van der Waals surface area contributed by atoms with Crippen LogP contribution in [0.5, 0.6) is 17.2 Å². The first-order valence-electron chi connectivity index (χ1n) is 9.87. The number of rotatable bonds is 9. The van der Waals surface area contributed by atoms with Crippen molar-refractivity contribution in [1.29, 1.82) is 0 Å². The number of para-hydroxylation sites is 1. The fourth-order valence-electron chi connectivity index (χ4n) is 2.69. The third-order valence-corrected chi connectivity index (χ3v) is 4.46. The number of esters is 2. The highest BCUT2D eigenvalue weighted by Crippen LogP contribution is 2.18. The molecule has 0 aliphatic rings. The van der Waals surface area contributed by atoms with Crippen molar-refractivity contribution in [3.63, 3.8) is 0 Å². The van der Waals surface area contributed by atoms with Crippen LogP contribution in [0.3, 0.4) is 0 Å². The molecule has 3 rings (SSSR count). The van der Waals surface area contributed by atoms with Gasteiger partial charge in [0.15, 0.2) is 6.61 Å². The smallest absolute Gasteiger partial charge is 0.349 e. The molecule has 31 heavy (non-hydrogen) atoms. The number of carbonyl (C=O) groups excluding carboxylic acids is 2. The van der Waals surface area contributed by atoms with E-state index in [1.807, 2.05) is 56.3 Å². The molecule has 0 saturated carbocycles. The second-order valence-electron chi connectivity index (χ2n) is 6.83. The Morgan fingerprint density at radius 1 is 0.710 bits per heavy atom. The highest BCUT2D eigenvalue weighted by Gasteiger charge is 2.11. The van der Waals surface area contributed by atoms with Crippen LogP contribution in [0.1, 0.15) is 21.5 Å². The van der Waals surface area contributed by atoms with Crippen molar-refractivity contribution < 1.29 is 28.5 Å². The Bertz CT molecular complexity index is 1030. The second-order valence-corrected chi connectivity index (χ2v) is 6.83. The van der Waals surface area contributed by atoms with Gasteiger partial charge in [0.25, 0.3) is 0 Å². The second kappa shape index (κ2) is 10.8. The Kier molecular flexibility index (Phi) is 7.65. The van der Waals surface area contributed by atoms with Crippen LogP contribution in [0, 0.1) is 13.8 Å². The first-order valence-corrected chi connectivity index (χ1v) is 9.87. The average Bonchev–Trinajstić information content (AvgIpc) is 2.78. The molecule has 0 aliphatic carbocycles. The van der Waals surface area contributed by atoms with Gasteiger partial charge in [-0.15, -0.1) is 0 Å². The molecule has 6 nitrogen and oxygen atoms in total. The van der Waals surface area contributed by atoms with E-state index in [1.54, 1.807) is 24.3 Å². The van der Waals surface area contributed by atoms with Gasteiger partial charge in [0.2, 0.25) is 0 Å². The molecule has 0 atom stereocenters. The van der Waals surface area contributed by atoms with Gasteiger partial charge in [-0.3, -0.25) is 0 Å². The molecule has 0 aromatic heterocycles. The van der Waals surface area contributed by atoms with Gasteiger partial charge >= 0.3 is 11.9 Å². The zero-order chi connectivity index (χ0) is 22.1. The molecule has 0 amide bonds. The summed E-state index contributed by atoms with van der Waals surface area (Å²) >= 11 is 0. The third kappa shape index (κ3) is 6.89. The summed E-state index contributed by atoms with van der Waals surface area (Å²) < 4.78 is 21.4. The maximum atomic E-state index is 12.2. The van der Waals surface area contributed by atoms with Crippen LogP contribution in [0.15, 0.2) is 72.8 Å². The lowest BCUT2D eigenvalue weighted by atomic mass is 10.1. The monoisotopic (exact) mass is 420 g/mol. The van der Waals surface area contributed by atoms with Crippen LogP contribution in [-0.4, -0.2) is 31.8 Å². The van der Waals surface area contributed by atoms with E-state index >= 15 is 0 Å². The number of carbonyl (C=O) groups is 2. The summed E-state index contributed by atoms with van der Waals surface area (Å²) in [7, 11) is 0. The lowest BCUT2D eigenvalue weighted by Crippen LogP contribution is -2.18. The van der Waals surface area contributed by atoms with Crippen LogP contribution in [0.2, 0.25) is 0 Å². The normalized spacial score (nSPS) is 10.3. The van der Waals surface area contributed by atoms with E-state index in [1.165, 1.54) is 6.07 Å². The average molecular weight is 420 g/mol. The fourth-order valence-corrected chi connectivity index (χ4v) is 2.69. The van der Waals surface area contributed by atoms with Crippen molar-refractivity contribution in [3.8, 4) is 17.2 Å². The molecule has 0 spiro atoms. The lowest BCUT2D eigenvalue weighted by molar-refractivity contribution is -0.136. The van der Waals surface area contributed by atoms with Gasteiger partial charge in [-0.1, -0.05) is 30.3 Å². The predicted octanol–water partition coefficient (Wildman–Crippen LogP) is 4.52. The minimum atomic E-state index is -0.569. The Balaban J connectivity index is 1.45. The molecular formula is C25H24O6. The standard InChI is InChI=1S/C25H24O6/c1-18-11-12-22(15-19(18)2)30-17-24(26)31-23-10-6-7-20(16-23)25(27)29-14-13-28-21-8-4-3-5-9-21/h3-12,15-16H,13-14,17H2,1-2H3. The van der Waals surface area contributed by atoms with E-state index in [4.69, 9.17) is 18.9 Å². The largest absolute Gasteiger partial charge is 0.490 e. The molecule has 0 unspecified atom stereocenters. The summed E-state index contributed by atoms with van der Waals surface area (Å²) in [6.45, 7) is 4.07. The maximum Gasteiger partial charge on any atom is 0.349 e. The van der Waals surface area contributed by atoms with Crippen molar-refractivity contribution in [2.24, 2.45) is 0 Å². The topological polar surface area (TPSA) is 71.1 Å². The quantitative estimate of drug-likeness (QED) is 0.288. The molecule has 0 aliphatic heterocycles. The van der Waals surface area contributed by atoms with E-state index in [-0.39, 0.29) is 31.1 Å². The predicted molar refractivity (Wildman–Crippen MR) is 116 cm³/mol. The van der Waals surface area contributed by atoms with Gasteiger partial charge in [-0.25, -0.2) is 9.59 Å². The number of hydrogen-bond donors (Lipinski definition) is 0. The van der Waals surface area contributed by atoms with Crippen LogP contribution < -0.4 is 14.2 Å². The Morgan fingerprint density at radius 2 is 1.48 bits per heavy atom. The summed E-state index contributed by atoms with van der Waals surface area (Å²) in [5.41, 5.74) is 2.50. The summed E-state index contributed by atoms with van der Waals surface area (Å²) in [4.78, 5) is 24.3. The Hall–Kier alpha value is -3.80. The molecule has 160 valence electrons. The van der Waals surface area contributed by atoms with Crippen LogP contribution in [-0.2, 0) is 9.53 Å². The fraction of sp³-hybridized carbons (Fsp3) is 0.200. The highest BCUT2D eigenvalue weighted by molar-refractivity contribution is 5.90. The molecule has 3 aromatic carbocycles. The van der Waals surface area contributed by atoms with Gasteiger partial charge in [0.05, 0.1) is 5.56 Å². The van der Waals surface area contributed by atoms with Crippen molar-refractivity contribution in [3.05, 3.63) is 89.5 Å².